The van der Waals surface area contributed by atoms with Gasteiger partial charge in [0.05, 0.1) is 37.1 Å². The zero-order chi connectivity index (χ0) is 27.4. The van der Waals surface area contributed by atoms with Crippen LogP contribution in [-0.2, 0) is 25.5 Å². The lowest BCUT2D eigenvalue weighted by atomic mass is 10.2. The number of anilines is 2. The molecule has 2 aromatic rings. The maximum atomic E-state index is 15.0. The van der Waals surface area contributed by atoms with Crippen LogP contribution in [0.3, 0.4) is 0 Å². The molecule has 3 N–H and O–H groups in total. The van der Waals surface area contributed by atoms with E-state index in [0.29, 0.717) is 36.7 Å². The molecule has 1 heterocycles. The van der Waals surface area contributed by atoms with Gasteiger partial charge in [-0.3, -0.25) is 19.4 Å². The number of hydrazine groups is 1. The summed E-state index contributed by atoms with van der Waals surface area (Å²) >= 11 is 0. The van der Waals surface area contributed by atoms with E-state index in [0.717, 1.165) is 0 Å². The summed E-state index contributed by atoms with van der Waals surface area (Å²) in [6.07, 6.45) is -2.56. The van der Waals surface area contributed by atoms with Crippen molar-refractivity contribution in [2.24, 2.45) is 0 Å². The Morgan fingerprint density at radius 3 is 2.62 bits per heavy atom. The second kappa shape index (κ2) is 14.6. The zero-order valence-electron chi connectivity index (χ0n) is 20.8. The second-order valence-corrected chi connectivity index (χ2v) is 8.00. The van der Waals surface area contributed by atoms with Gasteiger partial charge in [0.1, 0.15) is 11.9 Å². The summed E-state index contributed by atoms with van der Waals surface area (Å²) < 4.78 is 44.6. The van der Waals surface area contributed by atoms with E-state index >= 15 is 4.39 Å². The van der Waals surface area contributed by atoms with Crippen LogP contribution in [0.5, 0.6) is 0 Å². The van der Waals surface area contributed by atoms with Crippen molar-refractivity contribution in [3.8, 4) is 0 Å². The van der Waals surface area contributed by atoms with Gasteiger partial charge >= 0.3 is 6.43 Å². The zero-order valence-corrected chi connectivity index (χ0v) is 20.8. The number of alkyl halides is 2. The van der Waals surface area contributed by atoms with Gasteiger partial charge in [-0.15, -0.1) is 0 Å². The number of amides is 2. The molecule has 0 saturated carbocycles. The van der Waals surface area contributed by atoms with Gasteiger partial charge < -0.3 is 19.9 Å². The maximum absolute atomic E-state index is 15.0. The maximum Gasteiger partial charge on any atom is 0.315 e. The average Bonchev–Trinajstić information content (AvgIpc) is 3.38. The number of nitrogens with zero attached hydrogens (tertiary/aromatic N) is 5. The van der Waals surface area contributed by atoms with Crippen LogP contribution in [-0.4, -0.2) is 98.1 Å². The molecular formula is C22H31F3N8O4. The molecule has 0 saturated heterocycles. The van der Waals surface area contributed by atoms with Crippen molar-refractivity contribution < 1.29 is 32.3 Å². The third-order valence-electron chi connectivity index (χ3n) is 5.42. The molecule has 0 radical (unpaired) electrons. The summed E-state index contributed by atoms with van der Waals surface area (Å²) in [7, 11) is 3.20. The van der Waals surface area contributed by atoms with Crippen molar-refractivity contribution in [1.29, 1.82) is 0 Å². The third-order valence-corrected chi connectivity index (χ3v) is 5.42. The molecule has 12 nitrogen and oxygen atoms in total. The van der Waals surface area contributed by atoms with Crippen LogP contribution in [0, 0.1) is 5.82 Å². The molecule has 204 valence electrons. The first-order chi connectivity index (χ1) is 17.7. The predicted octanol–water partition coefficient (Wildman–Crippen LogP) is 0.335. The second-order valence-electron chi connectivity index (χ2n) is 8.00. The number of carbonyl (C=O) groups is 3. The van der Waals surface area contributed by atoms with Crippen molar-refractivity contribution in [3.63, 3.8) is 0 Å². The van der Waals surface area contributed by atoms with E-state index in [1.807, 2.05) is 12.2 Å². The smallest absolute Gasteiger partial charge is 0.315 e. The number of carbonyl (C=O) groups excluding carboxylic acids is 3. The standard InChI is InChI=1S/C22H31F3N8O4/c1-4-33(8-7-28-32(3)20(35)9-15-11-27-30-29-15)19-6-5-16(10-18(19)23)31(2)13-17(37-14-34)12-26-22(36)21(24)25/h5-6,10-11,14,17,21,28H,4,7-9,12-13H2,1-3H3,(H,26,36)(H,27,29,30)/t17-/m0/s1. The number of aromatic amines is 1. The van der Waals surface area contributed by atoms with Crippen LogP contribution in [0.1, 0.15) is 12.6 Å². The van der Waals surface area contributed by atoms with Gasteiger partial charge in [-0.1, -0.05) is 0 Å². The Bertz CT molecular complexity index is 1010. The number of hydrogen-bond donors (Lipinski definition) is 3. The van der Waals surface area contributed by atoms with Crippen molar-refractivity contribution in [2.75, 3.05) is 56.6 Å². The molecule has 0 spiro atoms. The summed E-state index contributed by atoms with van der Waals surface area (Å²) in [5.74, 6) is -2.18. The molecule has 0 unspecified atom stereocenters. The fraction of sp³-hybridized carbons (Fsp3) is 0.500. The first-order valence-electron chi connectivity index (χ1n) is 11.4. The van der Waals surface area contributed by atoms with Gasteiger partial charge in [0.15, 0.2) is 0 Å². The highest BCUT2D eigenvalue weighted by molar-refractivity contribution is 5.79. The highest BCUT2D eigenvalue weighted by Crippen LogP contribution is 2.24. The fourth-order valence-corrected chi connectivity index (χ4v) is 3.40. The SMILES string of the molecule is CCN(CCNN(C)C(=O)Cc1cn[nH]n1)c1ccc(N(C)C[C@H](CNC(=O)C(F)F)OC=O)cc1F. The molecule has 15 heteroatoms. The normalized spacial score (nSPS) is 11.6. The van der Waals surface area contributed by atoms with E-state index in [2.05, 4.69) is 20.8 Å². The highest BCUT2D eigenvalue weighted by Gasteiger charge is 2.20. The Labute approximate surface area is 212 Å². The number of H-pyrrole nitrogens is 1. The molecule has 0 aliphatic heterocycles. The largest absolute Gasteiger partial charge is 0.461 e. The number of halogens is 3. The summed E-state index contributed by atoms with van der Waals surface area (Å²) in [6.45, 7) is 3.01. The van der Waals surface area contributed by atoms with E-state index in [-0.39, 0.29) is 31.9 Å². The van der Waals surface area contributed by atoms with Crippen LogP contribution < -0.4 is 20.5 Å². The molecule has 1 aromatic heterocycles. The van der Waals surface area contributed by atoms with Crippen LogP contribution in [0.25, 0.3) is 0 Å². The number of nitrogens with one attached hydrogen (secondary N) is 3. The molecule has 0 aliphatic carbocycles. The molecular weight excluding hydrogens is 497 g/mol. The lowest BCUT2D eigenvalue weighted by molar-refractivity contribution is -0.136. The molecule has 0 aliphatic rings. The minimum Gasteiger partial charge on any atom is -0.461 e. The molecule has 0 fully saturated rings. The van der Waals surface area contributed by atoms with Crippen molar-refractivity contribution in [3.05, 3.63) is 35.9 Å². The summed E-state index contributed by atoms with van der Waals surface area (Å²) in [5, 5.41) is 13.3. The quantitative estimate of drug-likeness (QED) is 0.208. The Morgan fingerprint density at radius 2 is 2.03 bits per heavy atom. The van der Waals surface area contributed by atoms with Crippen molar-refractivity contribution >= 4 is 29.7 Å². The van der Waals surface area contributed by atoms with E-state index in [9.17, 15) is 23.2 Å². The number of ether oxygens (including phenoxy) is 1. The van der Waals surface area contributed by atoms with Gasteiger partial charge in [-0.2, -0.15) is 24.2 Å². The first-order valence-corrected chi connectivity index (χ1v) is 11.4. The Morgan fingerprint density at radius 1 is 1.27 bits per heavy atom. The molecule has 2 amide bonds. The Balaban J connectivity index is 1.93. The first kappa shape index (κ1) is 29.4. The average molecular weight is 529 g/mol. The summed E-state index contributed by atoms with van der Waals surface area (Å²) in [5.41, 5.74) is 4.29. The lowest BCUT2D eigenvalue weighted by Crippen LogP contribution is -2.44. The van der Waals surface area contributed by atoms with E-state index in [1.165, 1.54) is 17.3 Å². The van der Waals surface area contributed by atoms with E-state index in [1.54, 1.807) is 36.0 Å². The molecule has 1 atom stereocenters. The lowest BCUT2D eigenvalue weighted by Gasteiger charge is -2.28. The number of benzene rings is 1. The monoisotopic (exact) mass is 528 g/mol. The van der Waals surface area contributed by atoms with Gasteiger partial charge in [0, 0.05) is 39.4 Å². The number of aromatic nitrogens is 3. The number of hydrogen-bond acceptors (Lipinski definition) is 9. The van der Waals surface area contributed by atoms with E-state index < -0.39 is 24.3 Å². The Kier molecular flexibility index (Phi) is 11.6. The van der Waals surface area contributed by atoms with Crippen molar-refractivity contribution in [1.82, 2.24) is 31.2 Å². The number of rotatable bonds is 16. The van der Waals surface area contributed by atoms with Gasteiger partial charge in [0.2, 0.25) is 5.91 Å². The fourth-order valence-electron chi connectivity index (χ4n) is 3.40. The van der Waals surface area contributed by atoms with Crippen LogP contribution in [0.4, 0.5) is 24.5 Å². The third kappa shape index (κ3) is 9.25. The minimum absolute atomic E-state index is 0.0250. The van der Waals surface area contributed by atoms with Crippen LogP contribution in [0.15, 0.2) is 24.4 Å². The van der Waals surface area contributed by atoms with Gasteiger partial charge in [-0.25, -0.2) is 9.82 Å². The summed E-state index contributed by atoms with van der Waals surface area (Å²) in [6, 6.07) is 4.56. The van der Waals surface area contributed by atoms with Crippen molar-refractivity contribution in [2.45, 2.75) is 25.9 Å². The molecule has 2 rings (SSSR count). The summed E-state index contributed by atoms with van der Waals surface area (Å²) in [4.78, 5) is 37.4. The highest BCUT2D eigenvalue weighted by atomic mass is 19.3. The number of likely N-dealkylation sites (N-methyl/N-ethyl adjacent to an activating group) is 3. The molecule has 0 bridgehead atoms. The van der Waals surface area contributed by atoms with Crippen LogP contribution in [0.2, 0.25) is 0 Å². The topological polar surface area (TPSA) is 136 Å². The molecule has 37 heavy (non-hydrogen) atoms. The van der Waals surface area contributed by atoms with E-state index in [4.69, 9.17) is 4.74 Å². The van der Waals surface area contributed by atoms with Crippen LogP contribution >= 0.6 is 0 Å². The minimum atomic E-state index is -3.19. The predicted molar refractivity (Wildman–Crippen MR) is 128 cm³/mol. The Hall–Kier alpha value is -3.88. The molecule has 1 aromatic carbocycles. The van der Waals surface area contributed by atoms with Gasteiger partial charge in [-0.05, 0) is 25.1 Å². The van der Waals surface area contributed by atoms with Gasteiger partial charge in [0.25, 0.3) is 12.4 Å².